The highest BCUT2D eigenvalue weighted by Gasteiger charge is 2.32. The molecule has 1 fully saturated rings. The molecule has 1 aliphatic rings. The number of nitrogens with one attached hydrogen (secondary N) is 3. The maximum absolute atomic E-state index is 13.8. The minimum atomic E-state index is -0.311. The summed E-state index contributed by atoms with van der Waals surface area (Å²) in [5, 5.41) is 9.78. The van der Waals surface area contributed by atoms with Gasteiger partial charge in [-0.15, -0.1) is 0 Å². The van der Waals surface area contributed by atoms with Crippen molar-refractivity contribution in [1.29, 1.82) is 0 Å². The van der Waals surface area contributed by atoms with Gasteiger partial charge in [0.05, 0.1) is 6.04 Å². The van der Waals surface area contributed by atoms with Crippen molar-refractivity contribution in [2.24, 2.45) is 0 Å². The number of nitrogens with zero attached hydrogens (tertiary/aromatic N) is 1. The van der Waals surface area contributed by atoms with Gasteiger partial charge in [-0.05, 0) is 60.7 Å². The molecule has 3 N–H and O–H groups in total. The second kappa shape index (κ2) is 15.3. The number of hydrogen-bond acceptors (Lipinski definition) is 4. The molecule has 0 saturated carbocycles. The van der Waals surface area contributed by atoms with Crippen LogP contribution in [0.25, 0.3) is 6.08 Å². The van der Waals surface area contributed by atoms with Crippen LogP contribution in [0, 0.1) is 0 Å². The maximum Gasteiger partial charge on any atom is 0.244 e. The summed E-state index contributed by atoms with van der Waals surface area (Å²) < 4.78 is 0. The van der Waals surface area contributed by atoms with Gasteiger partial charge in [-0.25, -0.2) is 0 Å². The van der Waals surface area contributed by atoms with Crippen molar-refractivity contribution in [3.63, 3.8) is 0 Å². The summed E-state index contributed by atoms with van der Waals surface area (Å²) in [5.74, 6) is 0.552. The van der Waals surface area contributed by atoms with Gasteiger partial charge >= 0.3 is 0 Å². The first-order valence-electron chi connectivity index (χ1n) is 14.8. The number of carbonyl (C=O) groups is 2. The van der Waals surface area contributed by atoms with Crippen LogP contribution in [0.2, 0.25) is 0 Å². The molecule has 0 aromatic heterocycles. The highest BCUT2D eigenvalue weighted by atomic mass is 16.2. The van der Waals surface area contributed by atoms with Crippen molar-refractivity contribution < 1.29 is 9.59 Å². The predicted octanol–water partition coefficient (Wildman–Crippen LogP) is 4.94. The third-order valence-electron chi connectivity index (χ3n) is 7.84. The Morgan fingerprint density at radius 2 is 1.59 bits per heavy atom. The van der Waals surface area contributed by atoms with Crippen LogP contribution in [0.5, 0.6) is 0 Å². The first kappa shape index (κ1) is 30.2. The van der Waals surface area contributed by atoms with Crippen molar-refractivity contribution in [1.82, 2.24) is 20.9 Å². The lowest BCUT2D eigenvalue weighted by atomic mass is 9.90. The zero-order valence-electron chi connectivity index (χ0n) is 24.6. The molecule has 1 aliphatic heterocycles. The minimum absolute atomic E-state index is 0.000354. The van der Waals surface area contributed by atoms with Crippen LogP contribution in [0.1, 0.15) is 60.8 Å². The first-order valence-corrected chi connectivity index (χ1v) is 14.8. The molecule has 0 radical (unpaired) electrons. The summed E-state index contributed by atoms with van der Waals surface area (Å²) in [6, 6.07) is 28.8. The first-order chi connectivity index (χ1) is 19.9. The fourth-order valence-corrected chi connectivity index (χ4v) is 5.36. The summed E-state index contributed by atoms with van der Waals surface area (Å²) in [5.41, 5.74) is 4.67. The summed E-state index contributed by atoms with van der Waals surface area (Å²) in [7, 11) is 1.90. The molecule has 6 nitrogen and oxygen atoms in total. The van der Waals surface area contributed by atoms with E-state index in [2.05, 4.69) is 90.5 Å². The Balaban J connectivity index is 1.42. The summed E-state index contributed by atoms with van der Waals surface area (Å²) in [4.78, 5) is 28.5. The van der Waals surface area contributed by atoms with Crippen molar-refractivity contribution in [3.05, 3.63) is 113 Å². The van der Waals surface area contributed by atoms with Gasteiger partial charge < -0.3 is 20.9 Å². The predicted molar refractivity (Wildman–Crippen MR) is 168 cm³/mol. The smallest absolute Gasteiger partial charge is 0.244 e. The van der Waals surface area contributed by atoms with E-state index in [1.54, 1.807) is 6.08 Å². The van der Waals surface area contributed by atoms with E-state index in [4.69, 9.17) is 0 Å². The van der Waals surface area contributed by atoms with E-state index >= 15 is 0 Å². The molecular formula is C35H44N4O2. The van der Waals surface area contributed by atoms with E-state index in [0.29, 0.717) is 32.0 Å². The van der Waals surface area contributed by atoms with Gasteiger partial charge in [0.1, 0.15) is 0 Å². The van der Waals surface area contributed by atoms with E-state index in [1.165, 1.54) is 16.7 Å². The van der Waals surface area contributed by atoms with Crippen LogP contribution in [-0.2, 0) is 9.59 Å². The fourth-order valence-electron chi connectivity index (χ4n) is 5.36. The lowest BCUT2D eigenvalue weighted by molar-refractivity contribution is -0.133. The van der Waals surface area contributed by atoms with Crippen molar-refractivity contribution in [2.75, 3.05) is 33.2 Å². The number of hydrogen-bond donors (Lipinski definition) is 3. The van der Waals surface area contributed by atoms with Crippen LogP contribution in [0.3, 0.4) is 0 Å². The Morgan fingerprint density at radius 3 is 2.17 bits per heavy atom. The van der Waals surface area contributed by atoms with Gasteiger partial charge in [-0.3, -0.25) is 9.59 Å². The zero-order chi connectivity index (χ0) is 29.0. The quantitative estimate of drug-likeness (QED) is 0.278. The molecule has 2 atom stereocenters. The van der Waals surface area contributed by atoms with Gasteiger partial charge in [0, 0.05) is 37.7 Å². The number of carbonyl (C=O) groups excluding carboxylic acids is 2. The SMILES string of the molecule is CNCCC1NC(CNC(=O)/C=C/c2ccc(C(C)C)cc2)CCN(CC(c2ccccc2)c2ccccc2)C1=O. The Hall–Kier alpha value is -3.74. The Labute approximate surface area is 245 Å². The third-order valence-corrected chi connectivity index (χ3v) is 7.84. The van der Waals surface area contributed by atoms with Crippen molar-refractivity contribution in [2.45, 2.75) is 50.6 Å². The molecule has 0 spiro atoms. The monoisotopic (exact) mass is 552 g/mol. The lowest BCUT2D eigenvalue weighted by Gasteiger charge is -2.29. The largest absolute Gasteiger partial charge is 0.351 e. The van der Waals surface area contributed by atoms with E-state index in [-0.39, 0.29) is 29.8 Å². The molecule has 6 heteroatoms. The molecule has 0 aliphatic carbocycles. The van der Waals surface area contributed by atoms with Crippen LogP contribution in [0.4, 0.5) is 0 Å². The minimum Gasteiger partial charge on any atom is -0.351 e. The average Bonchev–Trinajstić information content (AvgIpc) is 3.15. The lowest BCUT2D eigenvalue weighted by Crippen LogP contribution is -2.50. The molecule has 41 heavy (non-hydrogen) atoms. The number of rotatable bonds is 12. The second-order valence-electron chi connectivity index (χ2n) is 11.2. The van der Waals surface area contributed by atoms with E-state index < -0.39 is 0 Å². The molecule has 4 rings (SSSR count). The third kappa shape index (κ3) is 8.87. The normalized spacial score (nSPS) is 17.8. The zero-order valence-corrected chi connectivity index (χ0v) is 24.6. The van der Waals surface area contributed by atoms with E-state index in [1.807, 2.05) is 42.3 Å². The Bertz CT molecular complexity index is 1220. The van der Waals surface area contributed by atoms with Crippen LogP contribution >= 0.6 is 0 Å². The van der Waals surface area contributed by atoms with Gasteiger partial charge in [0.2, 0.25) is 11.8 Å². The van der Waals surface area contributed by atoms with E-state index in [9.17, 15) is 9.59 Å². The summed E-state index contributed by atoms with van der Waals surface area (Å²) in [6.45, 7) is 6.78. The number of amides is 2. The molecule has 216 valence electrons. The summed E-state index contributed by atoms with van der Waals surface area (Å²) in [6.07, 6.45) is 4.87. The molecule has 2 amide bonds. The average molecular weight is 553 g/mol. The standard InChI is InChI=1S/C35H44N4O2/c1-26(2)28-17-14-27(15-18-28)16-19-34(40)37-24-31-21-23-39(35(41)33(38-31)20-22-36-3)25-32(29-10-6-4-7-11-29)30-12-8-5-9-13-30/h4-19,26,31-33,36,38H,20-25H2,1-3H3,(H,37,40)/b19-16+. The molecule has 1 heterocycles. The van der Waals surface area contributed by atoms with E-state index in [0.717, 1.165) is 18.5 Å². The topological polar surface area (TPSA) is 73.5 Å². The summed E-state index contributed by atoms with van der Waals surface area (Å²) >= 11 is 0. The van der Waals surface area contributed by atoms with Gasteiger partial charge in [-0.1, -0.05) is 98.8 Å². The maximum atomic E-state index is 13.8. The molecular weight excluding hydrogens is 508 g/mol. The number of benzene rings is 3. The van der Waals surface area contributed by atoms with Crippen LogP contribution in [0.15, 0.2) is 91.0 Å². The Morgan fingerprint density at radius 1 is 0.951 bits per heavy atom. The molecule has 2 unspecified atom stereocenters. The molecule has 3 aromatic rings. The van der Waals surface area contributed by atoms with Gasteiger partial charge in [-0.2, -0.15) is 0 Å². The highest BCUT2D eigenvalue weighted by Crippen LogP contribution is 2.27. The molecule has 3 aromatic carbocycles. The highest BCUT2D eigenvalue weighted by molar-refractivity contribution is 5.91. The molecule has 1 saturated heterocycles. The van der Waals surface area contributed by atoms with Gasteiger partial charge in [0.25, 0.3) is 0 Å². The van der Waals surface area contributed by atoms with Gasteiger partial charge in [0.15, 0.2) is 0 Å². The van der Waals surface area contributed by atoms with Crippen LogP contribution in [-0.4, -0.2) is 62.0 Å². The Kier molecular flexibility index (Phi) is 11.3. The van der Waals surface area contributed by atoms with Crippen molar-refractivity contribution >= 4 is 17.9 Å². The van der Waals surface area contributed by atoms with Crippen molar-refractivity contribution in [3.8, 4) is 0 Å². The second-order valence-corrected chi connectivity index (χ2v) is 11.2. The fraction of sp³-hybridized carbons (Fsp3) is 0.371. The van der Waals surface area contributed by atoms with Crippen LogP contribution < -0.4 is 16.0 Å². The molecule has 0 bridgehead atoms.